The van der Waals surface area contributed by atoms with E-state index in [4.69, 9.17) is 9.47 Å². The molecule has 2 amide bonds. The van der Waals surface area contributed by atoms with E-state index >= 15 is 0 Å². The fourth-order valence-electron chi connectivity index (χ4n) is 3.04. The van der Waals surface area contributed by atoms with E-state index in [1.807, 2.05) is 24.4 Å². The van der Waals surface area contributed by atoms with E-state index in [-0.39, 0.29) is 17.4 Å². The fourth-order valence-corrected chi connectivity index (χ4v) is 4.83. The molecule has 0 saturated heterocycles. The molecular weight excluding hydrogens is 448 g/mol. The van der Waals surface area contributed by atoms with Gasteiger partial charge in [-0.25, -0.2) is 4.79 Å². The van der Waals surface area contributed by atoms with Gasteiger partial charge in [0, 0.05) is 22.4 Å². The summed E-state index contributed by atoms with van der Waals surface area (Å²) in [7, 11) is 1.58. The zero-order valence-corrected chi connectivity index (χ0v) is 19.9. The van der Waals surface area contributed by atoms with E-state index in [9.17, 15) is 14.4 Å². The Hall–Kier alpha value is -3.17. The lowest BCUT2D eigenvalue weighted by Gasteiger charge is -2.22. The predicted molar refractivity (Wildman–Crippen MR) is 127 cm³/mol. The number of rotatable bonds is 8. The Bertz CT molecular complexity index is 1100. The van der Waals surface area contributed by atoms with Crippen molar-refractivity contribution >= 4 is 51.1 Å². The summed E-state index contributed by atoms with van der Waals surface area (Å²) < 4.78 is 10.6. The number of carbonyl (C=O) groups is 3. The van der Waals surface area contributed by atoms with E-state index < -0.39 is 12.6 Å². The first-order valence-electron chi connectivity index (χ1n) is 9.81. The molecule has 0 spiro atoms. The number of carbonyl (C=O) groups excluding carboxylic acids is 3. The van der Waals surface area contributed by atoms with Crippen LogP contribution in [0.3, 0.4) is 0 Å². The van der Waals surface area contributed by atoms with Gasteiger partial charge in [0.1, 0.15) is 10.8 Å². The maximum atomic E-state index is 13.1. The van der Waals surface area contributed by atoms with Crippen LogP contribution in [0.2, 0.25) is 0 Å². The Morgan fingerprint density at radius 3 is 2.41 bits per heavy atom. The average molecular weight is 473 g/mol. The molecule has 2 heterocycles. The highest BCUT2D eigenvalue weighted by molar-refractivity contribution is 7.16. The van der Waals surface area contributed by atoms with Crippen LogP contribution >= 0.6 is 22.7 Å². The van der Waals surface area contributed by atoms with Crippen molar-refractivity contribution in [3.05, 3.63) is 62.7 Å². The van der Waals surface area contributed by atoms with Crippen molar-refractivity contribution in [3.63, 3.8) is 0 Å². The minimum Gasteiger partial charge on any atom is -0.497 e. The Labute approximate surface area is 194 Å². The highest BCUT2D eigenvalue weighted by atomic mass is 32.1. The fraction of sp³-hybridized carbons (Fsp3) is 0.261. The molecule has 3 aromatic rings. The summed E-state index contributed by atoms with van der Waals surface area (Å²) in [6, 6.07) is 11.0. The Balaban J connectivity index is 1.77. The quantitative estimate of drug-likeness (QED) is 0.477. The molecule has 7 nitrogen and oxygen atoms in total. The molecule has 0 aliphatic heterocycles. The highest BCUT2D eigenvalue weighted by Crippen LogP contribution is 2.33. The van der Waals surface area contributed by atoms with Gasteiger partial charge in [-0.1, -0.05) is 6.07 Å². The maximum absolute atomic E-state index is 13.1. The molecule has 168 valence electrons. The van der Waals surface area contributed by atoms with Crippen LogP contribution in [0.4, 0.5) is 10.7 Å². The third kappa shape index (κ3) is 5.54. The number of hydrogen-bond donors (Lipinski definition) is 1. The summed E-state index contributed by atoms with van der Waals surface area (Å²) in [5, 5.41) is 5.03. The van der Waals surface area contributed by atoms with Crippen molar-refractivity contribution in [2.45, 2.75) is 27.3 Å². The zero-order chi connectivity index (χ0) is 23.3. The smallest absolute Gasteiger partial charge is 0.341 e. The second-order valence-corrected chi connectivity index (χ2v) is 9.26. The standard InChI is InChI=1S/C23H24N2O5S2/c1-14-15(2)32-22(24-16(3)26)21(14)23(28)30-13-20(27)25(12-19-6-5-11-31-19)17-7-9-18(29-4)10-8-17/h5-11H,12-13H2,1-4H3,(H,24,26). The summed E-state index contributed by atoms with van der Waals surface area (Å²) >= 11 is 2.84. The number of nitrogens with zero attached hydrogens (tertiary/aromatic N) is 1. The Morgan fingerprint density at radius 1 is 1.09 bits per heavy atom. The monoisotopic (exact) mass is 472 g/mol. The highest BCUT2D eigenvalue weighted by Gasteiger charge is 2.24. The molecular formula is C23H24N2O5S2. The Kier molecular flexibility index (Phi) is 7.66. The van der Waals surface area contributed by atoms with E-state index in [0.29, 0.717) is 23.0 Å². The largest absolute Gasteiger partial charge is 0.497 e. The third-order valence-electron chi connectivity index (χ3n) is 4.78. The van der Waals surface area contributed by atoms with Gasteiger partial charge in [-0.05, 0) is 55.1 Å². The molecule has 0 saturated carbocycles. The van der Waals surface area contributed by atoms with Gasteiger partial charge in [-0.3, -0.25) is 9.59 Å². The molecule has 0 aliphatic rings. The second-order valence-electron chi connectivity index (χ2n) is 7.00. The molecule has 0 fully saturated rings. The molecule has 0 atom stereocenters. The molecule has 0 bridgehead atoms. The van der Waals surface area contributed by atoms with Gasteiger partial charge in [0.2, 0.25) is 5.91 Å². The van der Waals surface area contributed by atoms with Crippen molar-refractivity contribution in [3.8, 4) is 5.75 Å². The van der Waals surface area contributed by atoms with Gasteiger partial charge in [0.25, 0.3) is 5.91 Å². The number of hydrogen-bond acceptors (Lipinski definition) is 7. The van der Waals surface area contributed by atoms with E-state index in [2.05, 4.69) is 5.32 Å². The summed E-state index contributed by atoms with van der Waals surface area (Å²) in [6.45, 7) is 4.95. The summed E-state index contributed by atoms with van der Waals surface area (Å²) in [5.74, 6) is -0.604. The van der Waals surface area contributed by atoms with Gasteiger partial charge < -0.3 is 19.7 Å². The topological polar surface area (TPSA) is 84.9 Å². The zero-order valence-electron chi connectivity index (χ0n) is 18.3. The van der Waals surface area contributed by atoms with Gasteiger partial charge in [0.15, 0.2) is 6.61 Å². The number of esters is 1. The van der Waals surface area contributed by atoms with Crippen LogP contribution in [-0.2, 0) is 20.9 Å². The molecule has 3 rings (SSSR count). The van der Waals surface area contributed by atoms with Crippen LogP contribution in [-0.4, -0.2) is 31.5 Å². The van der Waals surface area contributed by atoms with Crippen molar-refractivity contribution in [2.75, 3.05) is 23.9 Å². The van der Waals surface area contributed by atoms with Gasteiger partial charge in [-0.2, -0.15) is 0 Å². The van der Waals surface area contributed by atoms with Crippen LogP contribution in [0.1, 0.15) is 32.6 Å². The number of ether oxygens (including phenoxy) is 2. The van der Waals surface area contributed by atoms with Crippen molar-refractivity contribution in [1.82, 2.24) is 0 Å². The van der Waals surface area contributed by atoms with Gasteiger partial charge in [-0.15, -0.1) is 22.7 Å². The van der Waals surface area contributed by atoms with Gasteiger partial charge in [0.05, 0.1) is 19.2 Å². The van der Waals surface area contributed by atoms with Crippen molar-refractivity contribution in [2.24, 2.45) is 0 Å². The lowest BCUT2D eigenvalue weighted by Crippen LogP contribution is -2.34. The number of anilines is 2. The lowest BCUT2D eigenvalue weighted by molar-refractivity contribution is -0.121. The molecule has 0 unspecified atom stereocenters. The number of benzene rings is 1. The first kappa shape index (κ1) is 23.5. The second kappa shape index (κ2) is 10.4. The number of aryl methyl sites for hydroxylation is 1. The number of thiophene rings is 2. The lowest BCUT2D eigenvalue weighted by atomic mass is 10.1. The van der Waals surface area contributed by atoms with E-state index in [0.717, 1.165) is 15.3 Å². The summed E-state index contributed by atoms with van der Waals surface area (Å²) in [4.78, 5) is 40.8. The molecule has 1 aromatic carbocycles. The van der Waals surface area contributed by atoms with E-state index in [1.165, 1.54) is 29.6 Å². The van der Waals surface area contributed by atoms with Crippen LogP contribution in [0, 0.1) is 13.8 Å². The average Bonchev–Trinajstić information content (AvgIpc) is 3.37. The minimum atomic E-state index is -0.644. The molecule has 0 radical (unpaired) electrons. The van der Waals surface area contributed by atoms with Gasteiger partial charge >= 0.3 is 5.97 Å². The predicted octanol–water partition coefficient (Wildman–Crippen LogP) is 4.78. The van der Waals surface area contributed by atoms with E-state index in [1.54, 1.807) is 43.2 Å². The van der Waals surface area contributed by atoms with Crippen molar-refractivity contribution < 1.29 is 23.9 Å². The maximum Gasteiger partial charge on any atom is 0.341 e. The number of amides is 2. The van der Waals surface area contributed by atoms with Crippen LogP contribution in [0.5, 0.6) is 5.75 Å². The molecule has 2 aromatic heterocycles. The van der Waals surface area contributed by atoms with Crippen LogP contribution in [0.15, 0.2) is 41.8 Å². The first-order chi connectivity index (χ1) is 15.3. The summed E-state index contributed by atoms with van der Waals surface area (Å²) in [5.41, 5.74) is 1.67. The van der Waals surface area contributed by atoms with Crippen LogP contribution in [0.25, 0.3) is 0 Å². The molecule has 9 heteroatoms. The first-order valence-corrected chi connectivity index (χ1v) is 11.5. The number of nitrogens with one attached hydrogen (secondary N) is 1. The van der Waals surface area contributed by atoms with Crippen LogP contribution < -0.4 is 15.0 Å². The third-order valence-corrected chi connectivity index (χ3v) is 6.77. The SMILES string of the molecule is COc1ccc(N(Cc2cccs2)C(=O)COC(=O)c2c(NC(C)=O)sc(C)c2C)cc1. The Morgan fingerprint density at radius 2 is 1.81 bits per heavy atom. The molecule has 0 aliphatic carbocycles. The minimum absolute atomic E-state index is 0.280. The summed E-state index contributed by atoms with van der Waals surface area (Å²) in [6.07, 6.45) is 0. The number of methoxy groups -OCH3 is 1. The normalized spacial score (nSPS) is 10.5. The molecule has 1 N–H and O–H groups in total. The van der Waals surface area contributed by atoms with Crippen molar-refractivity contribution in [1.29, 1.82) is 0 Å². The molecule has 32 heavy (non-hydrogen) atoms.